The fourth-order valence-corrected chi connectivity index (χ4v) is 4.46. The third-order valence-electron chi connectivity index (χ3n) is 6.52. The van der Waals surface area contributed by atoms with E-state index in [1.54, 1.807) is 6.20 Å². The van der Waals surface area contributed by atoms with Crippen LogP contribution in [-0.2, 0) is 11.3 Å². The molecule has 3 aromatic rings. The Morgan fingerprint density at radius 1 is 1.03 bits per heavy atom. The van der Waals surface area contributed by atoms with Gasteiger partial charge in [-0.3, -0.25) is 19.6 Å². The Morgan fingerprint density at radius 2 is 1.80 bits per heavy atom. The number of rotatable bonds is 6. The van der Waals surface area contributed by atoms with Gasteiger partial charge in [-0.2, -0.15) is 0 Å². The molecule has 3 heterocycles. The van der Waals surface area contributed by atoms with Gasteiger partial charge in [-0.15, -0.1) is 0 Å². The van der Waals surface area contributed by atoms with Crippen molar-refractivity contribution in [3.05, 3.63) is 94.8 Å². The molecule has 35 heavy (non-hydrogen) atoms. The molecule has 1 fully saturated rings. The van der Waals surface area contributed by atoms with E-state index in [4.69, 9.17) is 4.74 Å². The summed E-state index contributed by atoms with van der Waals surface area (Å²) in [6, 6.07) is 18.9. The Morgan fingerprint density at radius 3 is 2.54 bits per heavy atom. The number of aliphatic imine (C=N–C) groups is 1. The minimum Gasteiger partial charge on any atom is -0.378 e. The SMILES string of the molecule is CC(CC(=O)c1ccc2c(c1)C(NC(=O)c1ccc(N3CCOCC3)cc1)=NC2)c1ccccn1. The number of amidine groups is 1. The summed E-state index contributed by atoms with van der Waals surface area (Å²) in [6.45, 7) is 5.62. The van der Waals surface area contributed by atoms with Crippen LogP contribution in [0.3, 0.4) is 0 Å². The molecule has 178 valence electrons. The maximum atomic E-state index is 13.0. The Kier molecular flexibility index (Phi) is 6.68. The molecule has 0 bridgehead atoms. The summed E-state index contributed by atoms with van der Waals surface area (Å²) in [4.78, 5) is 37.0. The summed E-state index contributed by atoms with van der Waals surface area (Å²) in [7, 11) is 0. The van der Waals surface area contributed by atoms with E-state index < -0.39 is 0 Å². The highest BCUT2D eigenvalue weighted by atomic mass is 16.5. The molecule has 2 aromatic carbocycles. The van der Waals surface area contributed by atoms with Crippen LogP contribution < -0.4 is 10.2 Å². The second-order valence-electron chi connectivity index (χ2n) is 8.92. The fraction of sp³-hybridized carbons (Fsp3) is 0.286. The van der Waals surface area contributed by atoms with E-state index >= 15 is 0 Å². The number of anilines is 1. The standard InChI is InChI=1S/C28H28N4O3/c1-19(25-4-2-3-11-29-25)16-26(33)21-5-6-22-18-30-27(24(22)17-21)31-28(34)20-7-9-23(10-8-20)32-12-14-35-15-13-32/h2-11,17,19H,12-16,18H2,1H3,(H,30,31,34). The topological polar surface area (TPSA) is 83.9 Å². The number of carbonyl (C=O) groups is 2. The van der Waals surface area contributed by atoms with Gasteiger partial charge in [0.2, 0.25) is 0 Å². The van der Waals surface area contributed by atoms with Crippen LogP contribution in [0.4, 0.5) is 5.69 Å². The number of Topliss-reactive ketones (excluding diaryl/α,β-unsaturated/α-hetero) is 1. The summed E-state index contributed by atoms with van der Waals surface area (Å²) >= 11 is 0. The lowest BCUT2D eigenvalue weighted by Crippen LogP contribution is -2.36. The van der Waals surface area contributed by atoms with Gasteiger partial charge < -0.3 is 15.0 Å². The number of ketones is 1. The Labute approximate surface area is 204 Å². The van der Waals surface area contributed by atoms with Crippen molar-refractivity contribution in [2.45, 2.75) is 25.8 Å². The van der Waals surface area contributed by atoms with Gasteiger partial charge in [-0.1, -0.05) is 25.1 Å². The van der Waals surface area contributed by atoms with Crippen molar-refractivity contribution in [2.24, 2.45) is 4.99 Å². The zero-order chi connectivity index (χ0) is 24.2. The van der Waals surface area contributed by atoms with Gasteiger partial charge in [-0.05, 0) is 48.0 Å². The number of fused-ring (bicyclic) bond motifs is 1. The Balaban J connectivity index is 1.25. The predicted molar refractivity (Wildman–Crippen MR) is 135 cm³/mol. The third-order valence-corrected chi connectivity index (χ3v) is 6.52. The van der Waals surface area contributed by atoms with Crippen molar-refractivity contribution in [2.75, 3.05) is 31.2 Å². The van der Waals surface area contributed by atoms with Crippen LogP contribution in [0.25, 0.3) is 0 Å². The minimum atomic E-state index is -0.217. The predicted octanol–water partition coefficient (Wildman–Crippen LogP) is 3.98. The lowest BCUT2D eigenvalue weighted by Gasteiger charge is -2.28. The summed E-state index contributed by atoms with van der Waals surface area (Å²) in [5, 5.41) is 2.94. The average Bonchev–Trinajstić information content (AvgIpc) is 3.31. The molecule has 1 N–H and O–H groups in total. The number of ether oxygens (including phenoxy) is 1. The minimum absolute atomic E-state index is 0.0187. The first-order chi connectivity index (χ1) is 17.1. The van der Waals surface area contributed by atoms with Gasteiger partial charge in [0.1, 0.15) is 5.84 Å². The van der Waals surface area contributed by atoms with Crippen molar-refractivity contribution in [3.8, 4) is 0 Å². The van der Waals surface area contributed by atoms with Gasteiger partial charge in [0, 0.05) is 59.7 Å². The van der Waals surface area contributed by atoms with Gasteiger partial charge in [0.25, 0.3) is 5.91 Å². The number of benzene rings is 2. The highest BCUT2D eigenvalue weighted by Crippen LogP contribution is 2.24. The molecule has 5 rings (SSSR count). The smallest absolute Gasteiger partial charge is 0.256 e. The summed E-state index contributed by atoms with van der Waals surface area (Å²) < 4.78 is 5.41. The van der Waals surface area contributed by atoms with Crippen molar-refractivity contribution in [1.82, 2.24) is 10.3 Å². The molecule has 0 spiro atoms. The number of nitrogens with one attached hydrogen (secondary N) is 1. The van der Waals surface area contributed by atoms with Crippen LogP contribution >= 0.6 is 0 Å². The molecule has 1 unspecified atom stereocenters. The highest BCUT2D eigenvalue weighted by Gasteiger charge is 2.22. The normalized spacial score (nSPS) is 15.8. The molecule has 1 saturated heterocycles. The molecule has 7 nitrogen and oxygen atoms in total. The van der Waals surface area contributed by atoms with Gasteiger partial charge in [-0.25, -0.2) is 0 Å². The number of morpholine rings is 1. The Bertz CT molecular complexity index is 1250. The fourth-order valence-electron chi connectivity index (χ4n) is 4.46. The van der Waals surface area contributed by atoms with E-state index in [1.807, 2.05) is 67.6 Å². The number of carbonyl (C=O) groups excluding carboxylic acids is 2. The first-order valence-electron chi connectivity index (χ1n) is 11.9. The van der Waals surface area contributed by atoms with Crippen LogP contribution in [0.1, 0.15) is 56.8 Å². The Hall–Kier alpha value is -3.84. The number of pyridine rings is 1. The van der Waals surface area contributed by atoms with E-state index in [-0.39, 0.29) is 17.6 Å². The largest absolute Gasteiger partial charge is 0.378 e. The number of amides is 1. The first kappa shape index (κ1) is 22.9. The summed E-state index contributed by atoms with van der Waals surface area (Å²) in [6.07, 6.45) is 2.11. The quantitative estimate of drug-likeness (QED) is 0.553. The number of nitrogens with zero attached hydrogens (tertiary/aromatic N) is 3. The number of hydrogen-bond donors (Lipinski definition) is 1. The number of aromatic nitrogens is 1. The molecule has 0 saturated carbocycles. The van der Waals surface area contributed by atoms with E-state index in [1.165, 1.54) is 0 Å². The van der Waals surface area contributed by atoms with Gasteiger partial charge in [0.15, 0.2) is 5.78 Å². The maximum Gasteiger partial charge on any atom is 0.256 e. The van der Waals surface area contributed by atoms with Crippen molar-refractivity contribution in [3.63, 3.8) is 0 Å². The van der Waals surface area contributed by atoms with E-state index in [0.717, 1.165) is 35.6 Å². The van der Waals surface area contributed by atoms with Crippen LogP contribution in [-0.4, -0.2) is 48.8 Å². The van der Waals surface area contributed by atoms with Gasteiger partial charge >= 0.3 is 0 Å². The van der Waals surface area contributed by atoms with Crippen LogP contribution in [0.2, 0.25) is 0 Å². The monoisotopic (exact) mass is 468 g/mol. The second-order valence-corrected chi connectivity index (χ2v) is 8.92. The van der Waals surface area contributed by atoms with Gasteiger partial charge in [0.05, 0.1) is 19.8 Å². The molecule has 0 aliphatic carbocycles. The third kappa shape index (κ3) is 5.15. The second kappa shape index (κ2) is 10.2. The van der Waals surface area contributed by atoms with E-state index in [9.17, 15) is 9.59 Å². The molecule has 1 amide bonds. The highest BCUT2D eigenvalue weighted by molar-refractivity contribution is 6.15. The summed E-state index contributed by atoms with van der Waals surface area (Å²) in [5.41, 5.74) is 4.96. The van der Waals surface area contributed by atoms with Crippen LogP contribution in [0, 0.1) is 0 Å². The van der Waals surface area contributed by atoms with E-state index in [2.05, 4.69) is 20.2 Å². The van der Waals surface area contributed by atoms with Crippen LogP contribution in [0.15, 0.2) is 71.9 Å². The van der Waals surface area contributed by atoms with Crippen molar-refractivity contribution >= 4 is 23.2 Å². The first-order valence-corrected chi connectivity index (χ1v) is 11.9. The summed E-state index contributed by atoms with van der Waals surface area (Å²) in [5.74, 6) is 0.354. The zero-order valence-corrected chi connectivity index (χ0v) is 19.7. The van der Waals surface area contributed by atoms with E-state index in [0.29, 0.717) is 43.1 Å². The lowest BCUT2D eigenvalue weighted by molar-refractivity contribution is 0.0968. The number of hydrogen-bond acceptors (Lipinski definition) is 6. The lowest BCUT2D eigenvalue weighted by atomic mass is 9.94. The molecular formula is C28H28N4O3. The molecule has 2 aliphatic rings. The molecule has 2 aliphatic heterocycles. The molecule has 1 aromatic heterocycles. The van der Waals surface area contributed by atoms with Crippen molar-refractivity contribution in [1.29, 1.82) is 0 Å². The van der Waals surface area contributed by atoms with Crippen molar-refractivity contribution < 1.29 is 14.3 Å². The average molecular weight is 469 g/mol. The molecule has 0 radical (unpaired) electrons. The molecule has 1 atom stereocenters. The zero-order valence-electron chi connectivity index (χ0n) is 19.7. The maximum absolute atomic E-state index is 13.0. The molecular weight excluding hydrogens is 440 g/mol. The molecule has 7 heteroatoms. The van der Waals surface area contributed by atoms with Crippen LogP contribution in [0.5, 0.6) is 0 Å².